The number of ether oxygens (including phenoxy) is 2. The zero-order valence-electron chi connectivity index (χ0n) is 18.1. The van der Waals surface area contributed by atoms with E-state index in [2.05, 4.69) is 4.99 Å². The van der Waals surface area contributed by atoms with Gasteiger partial charge in [-0.2, -0.15) is 0 Å². The van der Waals surface area contributed by atoms with Gasteiger partial charge in [0.25, 0.3) is 5.56 Å². The Hall–Kier alpha value is -2.87. The van der Waals surface area contributed by atoms with Crippen molar-refractivity contribution < 1.29 is 14.3 Å². The van der Waals surface area contributed by atoms with Crippen LogP contribution in [0.3, 0.4) is 0 Å². The molecular weight excluding hydrogens is 483 g/mol. The Morgan fingerprint density at radius 3 is 2.42 bits per heavy atom. The van der Waals surface area contributed by atoms with Gasteiger partial charge in [-0.05, 0) is 35.8 Å². The number of thiazole rings is 1. The summed E-state index contributed by atoms with van der Waals surface area (Å²) in [4.78, 5) is 31.5. The van der Waals surface area contributed by atoms with Gasteiger partial charge in [0.2, 0.25) is 0 Å². The molecule has 170 valence electrons. The van der Waals surface area contributed by atoms with E-state index in [1.165, 1.54) is 25.6 Å². The highest BCUT2D eigenvalue weighted by molar-refractivity contribution is 7.07. The highest BCUT2D eigenvalue weighted by Gasteiger charge is 2.33. The highest BCUT2D eigenvalue weighted by Crippen LogP contribution is 2.34. The van der Waals surface area contributed by atoms with Crippen LogP contribution in [0.2, 0.25) is 10.0 Å². The van der Waals surface area contributed by atoms with Crippen LogP contribution in [-0.2, 0) is 9.53 Å². The summed E-state index contributed by atoms with van der Waals surface area (Å²) < 4.78 is 12.2. The van der Waals surface area contributed by atoms with Gasteiger partial charge in [-0.25, -0.2) is 9.79 Å². The van der Waals surface area contributed by atoms with Crippen LogP contribution in [0.5, 0.6) is 5.75 Å². The third-order valence-corrected chi connectivity index (χ3v) is 6.83. The van der Waals surface area contributed by atoms with Crippen molar-refractivity contribution in [3.8, 4) is 5.75 Å². The van der Waals surface area contributed by atoms with Crippen LogP contribution in [0.1, 0.15) is 30.5 Å². The van der Waals surface area contributed by atoms with Crippen molar-refractivity contribution in [2.45, 2.75) is 19.4 Å². The fourth-order valence-electron chi connectivity index (χ4n) is 3.82. The Morgan fingerprint density at radius 1 is 1.18 bits per heavy atom. The minimum Gasteiger partial charge on any atom is -0.494 e. The number of halogens is 2. The van der Waals surface area contributed by atoms with Crippen molar-refractivity contribution in [1.82, 2.24) is 4.57 Å². The van der Waals surface area contributed by atoms with E-state index in [0.717, 1.165) is 5.56 Å². The summed E-state index contributed by atoms with van der Waals surface area (Å²) in [5.74, 6) is -0.135. The average molecular weight is 503 g/mol. The second-order valence-corrected chi connectivity index (χ2v) is 9.04. The van der Waals surface area contributed by atoms with Crippen LogP contribution in [0.25, 0.3) is 6.08 Å². The first kappa shape index (κ1) is 23.3. The zero-order chi connectivity index (χ0) is 23.7. The molecule has 6 nitrogen and oxygen atoms in total. The number of aromatic nitrogens is 1. The molecule has 1 aromatic heterocycles. The van der Waals surface area contributed by atoms with E-state index in [9.17, 15) is 9.59 Å². The molecule has 4 rings (SSSR count). The smallest absolute Gasteiger partial charge is 0.338 e. The van der Waals surface area contributed by atoms with Crippen molar-refractivity contribution in [3.63, 3.8) is 0 Å². The molecule has 33 heavy (non-hydrogen) atoms. The minimum atomic E-state index is -0.643. The molecule has 9 heteroatoms. The molecule has 0 saturated heterocycles. The molecule has 0 saturated carbocycles. The quantitative estimate of drug-likeness (QED) is 0.492. The van der Waals surface area contributed by atoms with E-state index in [1.807, 2.05) is 37.3 Å². The second-order valence-electron chi connectivity index (χ2n) is 7.22. The number of carbonyl (C=O) groups is 1. The van der Waals surface area contributed by atoms with Gasteiger partial charge in [-0.3, -0.25) is 9.36 Å². The van der Waals surface area contributed by atoms with Crippen molar-refractivity contribution in [3.05, 3.63) is 94.6 Å². The fourth-order valence-corrected chi connectivity index (χ4v) is 5.50. The third-order valence-electron chi connectivity index (χ3n) is 5.29. The maximum absolute atomic E-state index is 13.6. The van der Waals surface area contributed by atoms with Crippen LogP contribution >= 0.6 is 34.5 Å². The zero-order valence-corrected chi connectivity index (χ0v) is 20.4. The molecule has 0 N–H and O–H groups in total. The number of carbonyl (C=O) groups excluding carboxylic acids is 1. The van der Waals surface area contributed by atoms with Gasteiger partial charge in [0, 0.05) is 0 Å². The summed E-state index contributed by atoms with van der Waals surface area (Å²) in [6, 6.07) is 12.1. The number of nitrogens with zero attached hydrogens (tertiary/aromatic N) is 2. The molecule has 3 aromatic rings. The number of allylic oxidation sites excluding steroid dienone is 1. The molecule has 0 amide bonds. The monoisotopic (exact) mass is 502 g/mol. The van der Waals surface area contributed by atoms with Gasteiger partial charge in [-0.1, -0.05) is 71.8 Å². The molecule has 0 aliphatic carbocycles. The Labute approximate surface area is 204 Å². The summed E-state index contributed by atoms with van der Waals surface area (Å²) in [6.45, 7) is 1.92. The molecule has 1 atom stereocenters. The summed E-state index contributed by atoms with van der Waals surface area (Å²) in [5.41, 5.74) is 2.13. The van der Waals surface area contributed by atoms with Gasteiger partial charge >= 0.3 is 5.97 Å². The highest BCUT2D eigenvalue weighted by atomic mass is 35.5. The topological polar surface area (TPSA) is 69.9 Å². The Kier molecular flexibility index (Phi) is 6.74. The number of benzene rings is 2. The second kappa shape index (κ2) is 9.55. The van der Waals surface area contributed by atoms with Crippen molar-refractivity contribution >= 4 is 46.6 Å². The van der Waals surface area contributed by atoms with Gasteiger partial charge in [0.05, 0.1) is 46.1 Å². The molecule has 2 aromatic carbocycles. The lowest BCUT2D eigenvalue weighted by molar-refractivity contribution is -0.136. The normalized spacial score (nSPS) is 15.8. The van der Waals surface area contributed by atoms with E-state index in [0.29, 0.717) is 48.4 Å². The van der Waals surface area contributed by atoms with Gasteiger partial charge in [-0.15, -0.1) is 0 Å². The number of rotatable bonds is 5. The predicted molar refractivity (Wildman–Crippen MR) is 130 cm³/mol. The summed E-state index contributed by atoms with van der Waals surface area (Å²) in [6.07, 6.45) is 2.22. The fraction of sp³-hybridized carbons (Fsp3) is 0.208. The molecular formula is C24H20Cl2N2O4S. The maximum Gasteiger partial charge on any atom is 0.338 e. The van der Waals surface area contributed by atoms with Gasteiger partial charge in [0.15, 0.2) is 10.6 Å². The molecule has 0 bridgehead atoms. The van der Waals surface area contributed by atoms with E-state index >= 15 is 0 Å². The average Bonchev–Trinajstić information content (AvgIpc) is 3.12. The number of hydrogen-bond acceptors (Lipinski definition) is 6. The minimum absolute atomic E-state index is 0.271. The number of methoxy groups -OCH3 is 2. The van der Waals surface area contributed by atoms with Crippen LogP contribution < -0.4 is 19.6 Å². The number of hydrogen-bond donors (Lipinski definition) is 0. The van der Waals surface area contributed by atoms with Crippen molar-refractivity contribution in [2.24, 2.45) is 4.99 Å². The third kappa shape index (κ3) is 4.24. The lowest BCUT2D eigenvalue weighted by Crippen LogP contribution is -2.40. The molecule has 0 spiro atoms. The summed E-state index contributed by atoms with van der Waals surface area (Å²) in [7, 11) is 2.81. The number of esters is 1. The molecule has 1 aliphatic heterocycles. The molecule has 0 fully saturated rings. The first-order valence-electron chi connectivity index (χ1n) is 10.1. The number of fused-ring (bicyclic) bond motifs is 1. The van der Waals surface area contributed by atoms with Crippen LogP contribution in [-0.4, -0.2) is 24.8 Å². The van der Waals surface area contributed by atoms with Gasteiger partial charge < -0.3 is 9.47 Å². The largest absolute Gasteiger partial charge is 0.494 e. The Balaban J connectivity index is 1.98. The van der Waals surface area contributed by atoms with E-state index < -0.39 is 12.0 Å². The first-order chi connectivity index (χ1) is 15.9. The lowest BCUT2D eigenvalue weighted by Gasteiger charge is -2.25. The molecule has 0 unspecified atom stereocenters. The lowest BCUT2D eigenvalue weighted by atomic mass is 9.95. The molecule has 1 aliphatic rings. The standard InChI is InChI=1S/C24H20Cl2N2O4S/c1-4-17-19(23(30)32-3)20(14-8-6-5-7-9-14)28-22(29)18(33-24(28)27-17)12-13-10-15(25)21(31-2)16(26)11-13/h5-12,20H,4H2,1-3H3/b18-12-/t20-/m1/s1. The first-order valence-corrected chi connectivity index (χ1v) is 11.7. The van der Waals surface area contributed by atoms with E-state index in [1.54, 1.807) is 22.8 Å². The van der Waals surface area contributed by atoms with Crippen LogP contribution in [0.15, 0.2) is 63.5 Å². The summed E-state index contributed by atoms with van der Waals surface area (Å²) >= 11 is 13.8. The molecule has 0 radical (unpaired) electrons. The van der Waals surface area contributed by atoms with Crippen LogP contribution in [0.4, 0.5) is 0 Å². The summed E-state index contributed by atoms with van der Waals surface area (Å²) in [5, 5.41) is 0.680. The van der Waals surface area contributed by atoms with E-state index in [-0.39, 0.29) is 5.56 Å². The van der Waals surface area contributed by atoms with Gasteiger partial charge in [0.1, 0.15) is 0 Å². The maximum atomic E-state index is 13.6. The Morgan fingerprint density at radius 2 is 1.85 bits per heavy atom. The van der Waals surface area contributed by atoms with Crippen molar-refractivity contribution in [2.75, 3.05) is 14.2 Å². The molecule has 2 heterocycles. The van der Waals surface area contributed by atoms with Crippen molar-refractivity contribution in [1.29, 1.82) is 0 Å². The predicted octanol–water partition coefficient (Wildman–Crippen LogP) is 4.11. The SMILES string of the molecule is CCC1=C(C(=O)OC)[C@@H](c2ccccc2)n2c(s/c(=C\c3cc(Cl)c(OC)c(Cl)c3)c2=O)=N1. The van der Waals surface area contributed by atoms with Crippen LogP contribution in [0, 0.1) is 0 Å². The van der Waals surface area contributed by atoms with E-state index in [4.69, 9.17) is 32.7 Å². The Bertz CT molecular complexity index is 1420.